The van der Waals surface area contributed by atoms with E-state index in [0.29, 0.717) is 15.7 Å². The van der Waals surface area contributed by atoms with Crippen molar-refractivity contribution in [2.75, 3.05) is 5.73 Å². The van der Waals surface area contributed by atoms with E-state index in [0.717, 1.165) is 5.56 Å². The smallest absolute Gasteiger partial charge is 0.275 e. The van der Waals surface area contributed by atoms with Crippen molar-refractivity contribution in [1.29, 1.82) is 0 Å². The molecule has 13 heavy (non-hydrogen) atoms. The summed E-state index contributed by atoms with van der Waals surface area (Å²) in [6.07, 6.45) is 0. The highest BCUT2D eigenvalue weighted by molar-refractivity contribution is 9.10. The average Bonchev–Trinajstić information content (AvgIpc) is 2.07. The van der Waals surface area contributed by atoms with E-state index in [-0.39, 0.29) is 5.69 Å². The third kappa shape index (κ3) is 1.65. The monoisotopic (exact) mass is 244 g/mol. The SMILES string of the molecule is Cc1c(N)cc([N+](=O)[O-])c(C)c1Br. The van der Waals surface area contributed by atoms with Gasteiger partial charge in [-0.15, -0.1) is 0 Å². The van der Waals surface area contributed by atoms with Crippen LogP contribution in [0.5, 0.6) is 0 Å². The van der Waals surface area contributed by atoms with Crippen molar-refractivity contribution in [3.8, 4) is 0 Å². The number of halogens is 1. The molecule has 0 radical (unpaired) electrons. The number of nitro groups is 1. The van der Waals surface area contributed by atoms with Crippen LogP contribution in [0.2, 0.25) is 0 Å². The molecule has 0 saturated heterocycles. The zero-order chi connectivity index (χ0) is 10.2. The van der Waals surface area contributed by atoms with Gasteiger partial charge in [0.1, 0.15) is 0 Å². The zero-order valence-corrected chi connectivity index (χ0v) is 8.88. The third-order valence-corrected chi connectivity index (χ3v) is 3.15. The van der Waals surface area contributed by atoms with E-state index in [1.165, 1.54) is 6.07 Å². The van der Waals surface area contributed by atoms with Gasteiger partial charge in [-0.1, -0.05) is 0 Å². The number of nitro benzene ring substituents is 1. The molecule has 0 fully saturated rings. The Morgan fingerprint density at radius 1 is 1.46 bits per heavy atom. The van der Waals surface area contributed by atoms with Gasteiger partial charge in [-0.25, -0.2) is 0 Å². The first-order valence-electron chi connectivity index (χ1n) is 3.64. The lowest BCUT2D eigenvalue weighted by molar-refractivity contribution is -0.385. The quantitative estimate of drug-likeness (QED) is 0.469. The van der Waals surface area contributed by atoms with Crippen molar-refractivity contribution in [1.82, 2.24) is 0 Å². The Morgan fingerprint density at radius 2 is 2.00 bits per heavy atom. The fourth-order valence-corrected chi connectivity index (χ4v) is 1.51. The Labute approximate surface area is 84.0 Å². The van der Waals surface area contributed by atoms with Crippen molar-refractivity contribution in [2.24, 2.45) is 0 Å². The minimum atomic E-state index is -0.435. The molecule has 1 aromatic rings. The molecule has 4 nitrogen and oxygen atoms in total. The van der Waals surface area contributed by atoms with E-state index < -0.39 is 4.92 Å². The molecule has 0 heterocycles. The Balaban J connectivity index is 3.50. The van der Waals surface area contributed by atoms with Crippen LogP contribution in [0.4, 0.5) is 11.4 Å². The van der Waals surface area contributed by atoms with Gasteiger partial charge in [0.25, 0.3) is 5.69 Å². The van der Waals surface area contributed by atoms with Crippen molar-refractivity contribution >= 4 is 27.3 Å². The summed E-state index contributed by atoms with van der Waals surface area (Å²) in [4.78, 5) is 10.1. The third-order valence-electron chi connectivity index (χ3n) is 1.96. The number of anilines is 1. The van der Waals surface area contributed by atoms with E-state index in [9.17, 15) is 10.1 Å². The Hall–Kier alpha value is -1.10. The summed E-state index contributed by atoms with van der Waals surface area (Å²) in [7, 11) is 0. The minimum Gasteiger partial charge on any atom is -0.398 e. The number of nitrogens with zero attached hydrogens (tertiary/aromatic N) is 1. The van der Waals surface area contributed by atoms with Gasteiger partial charge in [-0.3, -0.25) is 10.1 Å². The fraction of sp³-hybridized carbons (Fsp3) is 0.250. The fourth-order valence-electron chi connectivity index (χ4n) is 1.07. The van der Waals surface area contributed by atoms with Crippen molar-refractivity contribution in [2.45, 2.75) is 13.8 Å². The van der Waals surface area contributed by atoms with E-state index in [1.807, 2.05) is 6.92 Å². The van der Waals surface area contributed by atoms with Gasteiger partial charge in [-0.05, 0) is 35.3 Å². The summed E-state index contributed by atoms with van der Waals surface area (Å²) in [5.41, 5.74) is 7.52. The average molecular weight is 245 g/mol. The second-order valence-electron chi connectivity index (χ2n) is 2.81. The maximum Gasteiger partial charge on any atom is 0.275 e. The zero-order valence-electron chi connectivity index (χ0n) is 7.30. The van der Waals surface area contributed by atoms with Gasteiger partial charge in [0.15, 0.2) is 0 Å². The van der Waals surface area contributed by atoms with Crippen LogP contribution in [-0.4, -0.2) is 4.92 Å². The Bertz CT molecular complexity index is 377. The summed E-state index contributed by atoms with van der Waals surface area (Å²) >= 11 is 3.26. The topological polar surface area (TPSA) is 69.2 Å². The van der Waals surface area contributed by atoms with E-state index in [1.54, 1.807) is 6.92 Å². The largest absolute Gasteiger partial charge is 0.398 e. The van der Waals surface area contributed by atoms with Gasteiger partial charge in [-0.2, -0.15) is 0 Å². The lowest BCUT2D eigenvalue weighted by atomic mass is 10.1. The van der Waals surface area contributed by atoms with Crippen LogP contribution in [0.1, 0.15) is 11.1 Å². The molecule has 0 spiro atoms. The van der Waals surface area contributed by atoms with E-state index in [4.69, 9.17) is 5.73 Å². The van der Waals surface area contributed by atoms with Gasteiger partial charge in [0.05, 0.1) is 4.92 Å². The van der Waals surface area contributed by atoms with Crippen LogP contribution in [0.15, 0.2) is 10.5 Å². The van der Waals surface area contributed by atoms with Gasteiger partial charge in [0.2, 0.25) is 0 Å². The van der Waals surface area contributed by atoms with Crippen LogP contribution >= 0.6 is 15.9 Å². The number of nitrogen functional groups attached to an aromatic ring is 1. The van der Waals surface area contributed by atoms with Crippen molar-refractivity contribution in [3.05, 3.63) is 31.8 Å². The number of hydrogen-bond acceptors (Lipinski definition) is 3. The Kier molecular flexibility index (Phi) is 2.56. The molecule has 70 valence electrons. The molecule has 0 atom stereocenters. The number of nitrogens with two attached hydrogens (primary N) is 1. The highest BCUT2D eigenvalue weighted by atomic mass is 79.9. The van der Waals surface area contributed by atoms with Crippen LogP contribution < -0.4 is 5.73 Å². The minimum absolute atomic E-state index is 0.0509. The maximum atomic E-state index is 10.6. The van der Waals surface area contributed by atoms with Crippen LogP contribution in [0, 0.1) is 24.0 Å². The lowest BCUT2D eigenvalue weighted by Gasteiger charge is -2.06. The van der Waals surface area contributed by atoms with E-state index >= 15 is 0 Å². The van der Waals surface area contributed by atoms with Gasteiger partial charge < -0.3 is 5.73 Å². The Morgan fingerprint density at radius 3 is 2.46 bits per heavy atom. The molecule has 0 unspecified atom stereocenters. The summed E-state index contributed by atoms with van der Waals surface area (Å²) < 4.78 is 0.708. The van der Waals surface area contributed by atoms with Crippen LogP contribution in [0.25, 0.3) is 0 Å². The highest BCUT2D eigenvalue weighted by Crippen LogP contribution is 2.32. The lowest BCUT2D eigenvalue weighted by Crippen LogP contribution is -1.98. The maximum absolute atomic E-state index is 10.6. The molecular formula is C8H9BrN2O2. The molecule has 0 amide bonds. The van der Waals surface area contributed by atoms with E-state index in [2.05, 4.69) is 15.9 Å². The second-order valence-corrected chi connectivity index (χ2v) is 3.60. The first-order chi connectivity index (χ1) is 5.95. The molecule has 2 N–H and O–H groups in total. The predicted octanol–water partition coefficient (Wildman–Crippen LogP) is 2.56. The molecule has 0 bridgehead atoms. The van der Waals surface area contributed by atoms with Crippen molar-refractivity contribution < 1.29 is 4.92 Å². The predicted molar refractivity (Wildman–Crippen MR) is 54.7 cm³/mol. The first kappa shape index (κ1) is 9.98. The first-order valence-corrected chi connectivity index (χ1v) is 4.44. The molecule has 0 aliphatic rings. The van der Waals surface area contributed by atoms with Gasteiger partial charge in [0, 0.05) is 21.8 Å². The number of rotatable bonds is 1. The highest BCUT2D eigenvalue weighted by Gasteiger charge is 2.16. The molecule has 5 heteroatoms. The summed E-state index contributed by atoms with van der Waals surface area (Å²) in [6, 6.07) is 1.38. The number of hydrogen-bond donors (Lipinski definition) is 1. The molecule has 0 aromatic heterocycles. The standard InChI is InChI=1S/C8H9BrN2O2/c1-4-6(10)3-7(11(12)13)5(2)8(4)9/h3H,10H2,1-2H3. The molecule has 1 aromatic carbocycles. The van der Waals surface area contributed by atoms with Gasteiger partial charge >= 0.3 is 0 Å². The van der Waals surface area contributed by atoms with Crippen LogP contribution in [-0.2, 0) is 0 Å². The number of benzene rings is 1. The molecular weight excluding hydrogens is 236 g/mol. The molecule has 0 saturated carbocycles. The second kappa shape index (κ2) is 3.33. The summed E-state index contributed by atoms with van der Waals surface area (Å²) in [5, 5.41) is 10.6. The molecule has 0 aliphatic carbocycles. The summed E-state index contributed by atoms with van der Waals surface area (Å²) in [5.74, 6) is 0. The summed E-state index contributed by atoms with van der Waals surface area (Å²) in [6.45, 7) is 3.50. The molecule has 0 aliphatic heterocycles. The normalized spacial score (nSPS) is 10.1. The van der Waals surface area contributed by atoms with Crippen molar-refractivity contribution in [3.63, 3.8) is 0 Å². The molecule has 1 rings (SSSR count). The van der Waals surface area contributed by atoms with Crippen LogP contribution in [0.3, 0.4) is 0 Å².